The molecule has 0 bridgehead atoms. The first-order chi connectivity index (χ1) is 7.47. The molecule has 1 rings (SSSR count). The van der Waals surface area contributed by atoms with Crippen LogP contribution in [0.1, 0.15) is 4.88 Å². The SMILES string of the molecule is O=C(NCCc1cccs1)OCC(F)(F)F. The smallest absolute Gasteiger partial charge is 0.422 e. The first-order valence-corrected chi connectivity index (χ1v) is 5.35. The van der Waals surface area contributed by atoms with Crippen LogP contribution in [0.4, 0.5) is 18.0 Å². The topological polar surface area (TPSA) is 38.3 Å². The van der Waals surface area contributed by atoms with E-state index in [4.69, 9.17) is 0 Å². The molecule has 0 aliphatic heterocycles. The second kappa shape index (κ2) is 5.74. The van der Waals surface area contributed by atoms with Crippen LogP contribution in [-0.2, 0) is 11.2 Å². The quantitative estimate of drug-likeness (QED) is 0.895. The summed E-state index contributed by atoms with van der Waals surface area (Å²) >= 11 is 1.52. The summed E-state index contributed by atoms with van der Waals surface area (Å²) in [6, 6.07) is 3.75. The second-order valence-corrected chi connectivity index (χ2v) is 3.98. The molecule has 1 aromatic heterocycles. The Hall–Kier alpha value is -1.24. The van der Waals surface area contributed by atoms with E-state index in [1.807, 2.05) is 17.5 Å². The predicted octanol–water partition coefficient (Wildman–Crippen LogP) is 2.58. The first kappa shape index (κ1) is 12.8. The van der Waals surface area contributed by atoms with Crippen molar-refractivity contribution < 1.29 is 22.7 Å². The van der Waals surface area contributed by atoms with Crippen LogP contribution in [0.2, 0.25) is 0 Å². The monoisotopic (exact) mass is 253 g/mol. The fourth-order valence-electron chi connectivity index (χ4n) is 0.941. The standard InChI is InChI=1S/C9H10F3NO2S/c10-9(11,12)6-15-8(14)13-4-3-7-2-1-5-16-7/h1-2,5H,3-4,6H2,(H,13,14). The average Bonchev–Trinajstić information content (AvgIpc) is 2.66. The maximum Gasteiger partial charge on any atom is 0.422 e. The Balaban J connectivity index is 2.11. The van der Waals surface area contributed by atoms with Gasteiger partial charge in [0.05, 0.1) is 0 Å². The minimum absolute atomic E-state index is 0.261. The number of hydrogen-bond acceptors (Lipinski definition) is 3. The van der Waals surface area contributed by atoms with Gasteiger partial charge in [-0.05, 0) is 17.9 Å². The van der Waals surface area contributed by atoms with Crippen LogP contribution in [0.15, 0.2) is 17.5 Å². The summed E-state index contributed by atoms with van der Waals surface area (Å²) in [5.74, 6) is 0. The van der Waals surface area contributed by atoms with Crippen molar-refractivity contribution in [2.45, 2.75) is 12.6 Å². The molecule has 90 valence electrons. The summed E-state index contributed by atoms with van der Waals surface area (Å²) in [7, 11) is 0. The van der Waals surface area contributed by atoms with E-state index in [0.717, 1.165) is 4.88 Å². The van der Waals surface area contributed by atoms with Gasteiger partial charge in [-0.1, -0.05) is 6.07 Å². The third-order valence-corrected chi connectivity index (χ3v) is 2.52. The van der Waals surface area contributed by atoms with Crippen LogP contribution >= 0.6 is 11.3 Å². The zero-order valence-corrected chi connectivity index (χ0v) is 9.03. The maximum absolute atomic E-state index is 11.7. The van der Waals surface area contributed by atoms with Crippen molar-refractivity contribution in [2.75, 3.05) is 13.2 Å². The molecule has 16 heavy (non-hydrogen) atoms. The number of alkyl carbamates (subject to hydrolysis) is 1. The molecule has 1 amide bonds. The highest BCUT2D eigenvalue weighted by molar-refractivity contribution is 7.09. The zero-order chi connectivity index (χ0) is 12.0. The van der Waals surface area contributed by atoms with E-state index in [1.54, 1.807) is 0 Å². The molecule has 0 spiro atoms. The van der Waals surface area contributed by atoms with Crippen LogP contribution in [-0.4, -0.2) is 25.4 Å². The van der Waals surface area contributed by atoms with E-state index < -0.39 is 18.9 Å². The number of alkyl halides is 3. The molecule has 0 saturated carbocycles. The van der Waals surface area contributed by atoms with E-state index in [9.17, 15) is 18.0 Å². The van der Waals surface area contributed by atoms with E-state index in [0.29, 0.717) is 6.42 Å². The average molecular weight is 253 g/mol. The molecule has 0 radical (unpaired) electrons. The Bertz CT molecular complexity index is 324. The largest absolute Gasteiger partial charge is 0.440 e. The third kappa shape index (κ3) is 5.59. The van der Waals surface area contributed by atoms with Gasteiger partial charge in [0.2, 0.25) is 0 Å². The maximum atomic E-state index is 11.7. The van der Waals surface area contributed by atoms with Crippen molar-refractivity contribution in [3.8, 4) is 0 Å². The van der Waals surface area contributed by atoms with Crippen LogP contribution < -0.4 is 5.32 Å². The normalized spacial score (nSPS) is 11.2. The Morgan fingerprint density at radius 1 is 1.50 bits per heavy atom. The molecule has 0 aliphatic carbocycles. The van der Waals surface area contributed by atoms with Crippen molar-refractivity contribution in [1.29, 1.82) is 0 Å². The number of amides is 1. The van der Waals surface area contributed by atoms with Crippen LogP contribution in [0, 0.1) is 0 Å². The number of thiophene rings is 1. The van der Waals surface area contributed by atoms with E-state index in [2.05, 4.69) is 10.1 Å². The molecule has 0 fully saturated rings. The second-order valence-electron chi connectivity index (χ2n) is 2.95. The minimum Gasteiger partial charge on any atom is -0.440 e. The summed E-state index contributed by atoms with van der Waals surface area (Å²) in [6.07, 6.45) is -4.95. The Kier molecular flexibility index (Phi) is 4.60. The summed E-state index contributed by atoms with van der Waals surface area (Å²) in [4.78, 5) is 11.8. The number of hydrogen-bond donors (Lipinski definition) is 1. The lowest BCUT2D eigenvalue weighted by molar-refractivity contribution is -0.160. The highest BCUT2D eigenvalue weighted by Gasteiger charge is 2.29. The fourth-order valence-corrected chi connectivity index (χ4v) is 1.65. The molecule has 1 aromatic rings. The Morgan fingerprint density at radius 2 is 2.25 bits per heavy atom. The lowest BCUT2D eigenvalue weighted by atomic mass is 10.3. The van der Waals surface area contributed by atoms with Crippen LogP contribution in [0.25, 0.3) is 0 Å². The molecule has 7 heteroatoms. The molecular formula is C9H10F3NO2S. The van der Waals surface area contributed by atoms with Crippen LogP contribution in [0.5, 0.6) is 0 Å². The van der Waals surface area contributed by atoms with Gasteiger partial charge in [0.25, 0.3) is 0 Å². The fraction of sp³-hybridized carbons (Fsp3) is 0.444. The number of carbonyl (C=O) groups is 1. The van der Waals surface area contributed by atoms with Gasteiger partial charge in [-0.25, -0.2) is 4.79 Å². The van der Waals surface area contributed by atoms with E-state index in [-0.39, 0.29) is 6.54 Å². The van der Waals surface area contributed by atoms with Gasteiger partial charge in [0, 0.05) is 11.4 Å². The minimum atomic E-state index is -4.48. The lowest BCUT2D eigenvalue weighted by Gasteiger charge is -2.08. The van der Waals surface area contributed by atoms with Gasteiger partial charge in [-0.2, -0.15) is 13.2 Å². The molecule has 0 aromatic carbocycles. The third-order valence-electron chi connectivity index (χ3n) is 1.59. The summed E-state index contributed by atoms with van der Waals surface area (Å²) < 4.78 is 38.9. The molecule has 1 N–H and O–H groups in total. The van der Waals surface area contributed by atoms with Gasteiger partial charge < -0.3 is 10.1 Å². The first-order valence-electron chi connectivity index (χ1n) is 4.47. The summed E-state index contributed by atoms with van der Waals surface area (Å²) in [5.41, 5.74) is 0. The number of nitrogens with one attached hydrogen (secondary N) is 1. The number of carbonyl (C=O) groups excluding carboxylic acids is 1. The van der Waals surface area contributed by atoms with Crippen molar-refractivity contribution in [1.82, 2.24) is 5.32 Å². The number of ether oxygens (including phenoxy) is 1. The van der Waals surface area contributed by atoms with Gasteiger partial charge in [0.1, 0.15) is 0 Å². The molecule has 0 saturated heterocycles. The van der Waals surface area contributed by atoms with E-state index >= 15 is 0 Å². The molecule has 0 aliphatic rings. The number of halogens is 3. The van der Waals surface area contributed by atoms with Crippen LogP contribution in [0.3, 0.4) is 0 Å². The van der Waals surface area contributed by atoms with Gasteiger partial charge >= 0.3 is 12.3 Å². The highest BCUT2D eigenvalue weighted by Crippen LogP contribution is 2.14. The van der Waals surface area contributed by atoms with Gasteiger partial charge in [0.15, 0.2) is 6.61 Å². The van der Waals surface area contributed by atoms with Crippen molar-refractivity contribution in [2.24, 2.45) is 0 Å². The predicted molar refractivity (Wildman–Crippen MR) is 53.4 cm³/mol. The van der Waals surface area contributed by atoms with Crippen molar-refractivity contribution in [3.05, 3.63) is 22.4 Å². The molecule has 0 unspecified atom stereocenters. The molecule has 3 nitrogen and oxygen atoms in total. The Morgan fingerprint density at radius 3 is 2.81 bits per heavy atom. The van der Waals surface area contributed by atoms with Crippen molar-refractivity contribution in [3.63, 3.8) is 0 Å². The lowest BCUT2D eigenvalue weighted by Crippen LogP contribution is -2.30. The molecular weight excluding hydrogens is 243 g/mol. The summed E-state index contributed by atoms with van der Waals surface area (Å²) in [6.45, 7) is -1.30. The van der Waals surface area contributed by atoms with Gasteiger partial charge in [-0.3, -0.25) is 0 Å². The highest BCUT2D eigenvalue weighted by atomic mass is 32.1. The molecule has 0 atom stereocenters. The zero-order valence-electron chi connectivity index (χ0n) is 8.21. The van der Waals surface area contributed by atoms with Crippen molar-refractivity contribution >= 4 is 17.4 Å². The van der Waals surface area contributed by atoms with Gasteiger partial charge in [-0.15, -0.1) is 11.3 Å². The number of rotatable bonds is 4. The molecule has 1 heterocycles. The van der Waals surface area contributed by atoms with E-state index in [1.165, 1.54) is 11.3 Å². The summed E-state index contributed by atoms with van der Waals surface area (Å²) in [5, 5.41) is 4.13. The Labute approximate surface area is 94.2 Å².